The molecule has 0 aliphatic heterocycles. The molecule has 0 radical (unpaired) electrons. The molecule has 0 aliphatic carbocycles. The van der Waals surface area contributed by atoms with Crippen molar-refractivity contribution in [3.8, 4) is 17.2 Å². The van der Waals surface area contributed by atoms with Crippen LogP contribution in [0.15, 0.2) is 41.3 Å². The smallest absolute Gasteiger partial charge is 0.240 e. The SMILES string of the molecule is COc1cc(CNS(=O)(=O)c2ccc(OC)c(C)c2)cc(OC)c1. The van der Waals surface area contributed by atoms with Crippen molar-refractivity contribution in [1.82, 2.24) is 4.72 Å². The molecule has 0 heterocycles. The van der Waals surface area contributed by atoms with E-state index in [2.05, 4.69) is 4.72 Å². The van der Waals surface area contributed by atoms with E-state index in [1.807, 2.05) is 0 Å². The normalized spacial score (nSPS) is 11.2. The summed E-state index contributed by atoms with van der Waals surface area (Å²) in [5.41, 5.74) is 1.49. The molecule has 0 spiro atoms. The number of nitrogens with one attached hydrogen (secondary N) is 1. The first-order valence-electron chi connectivity index (χ1n) is 7.26. The first kappa shape index (κ1) is 18.1. The van der Waals surface area contributed by atoms with Gasteiger partial charge in [0.25, 0.3) is 0 Å². The van der Waals surface area contributed by atoms with E-state index in [-0.39, 0.29) is 11.4 Å². The van der Waals surface area contributed by atoms with Crippen LogP contribution in [-0.2, 0) is 16.6 Å². The lowest BCUT2D eigenvalue weighted by molar-refractivity contribution is 0.393. The van der Waals surface area contributed by atoms with Crippen LogP contribution >= 0.6 is 0 Å². The highest BCUT2D eigenvalue weighted by Crippen LogP contribution is 2.24. The van der Waals surface area contributed by atoms with Crippen molar-refractivity contribution in [3.63, 3.8) is 0 Å². The maximum Gasteiger partial charge on any atom is 0.240 e. The molecule has 130 valence electrons. The van der Waals surface area contributed by atoms with Gasteiger partial charge in [-0.05, 0) is 48.4 Å². The Labute approximate surface area is 142 Å². The molecular weight excluding hydrogens is 330 g/mol. The number of hydrogen-bond acceptors (Lipinski definition) is 5. The maximum atomic E-state index is 12.5. The van der Waals surface area contributed by atoms with Crippen molar-refractivity contribution in [2.75, 3.05) is 21.3 Å². The van der Waals surface area contributed by atoms with Crippen LogP contribution in [0.1, 0.15) is 11.1 Å². The Morgan fingerprint density at radius 3 is 2.04 bits per heavy atom. The number of aryl methyl sites for hydroxylation is 1. The van der Waals surface area contributed by atoms with Crippen LogP contribution < -0.4 is 18.9 Å². The van der Waals surface area contributed by atoms with E-state index in [9.17, 15) is 8.42 Å². The third-order valence-electron chi connectivity index (χ3n) is 3.55. The van der Waals surface area contributed by atoms with Gasteiger partial charge in [-0.3, -0.25) is 0 Å². The Balaban J connectivity index is 2.20. The molecule has 1 N–H and O–H groups in total. The minimum atomic E-state index is -3.63. The summed E-state index contributed by atoms with van der Waals surface area (Å²) in [5.74, 6) is 1.85. The predicted molar refractivity (Wildman–Crippen MR) is 91.3 cm³/mol. The Bertz CT molecular complexity index is 795. The molecule has 2 rings (SSSR count). The van der Waals surface area contributed by atoms with Crippen molar-refractivity contribution in [1.29, 1.82) is 0 Å². The van der Waals surface area contributed by atoms with Gasteiger partial charge in [0, 0.05) is 12.6 Å². The molecule has 7 heteroatoms. The Kier molecular flexibility index (Phi) is 5.69. The average Bonchev–Trinajstić information content (AvgIpc) is 2.59. The first-order valence-corrected chi connectivity index (χ1v) is 8.74. The third kappa shape index (κ3) is 4.18. The molecule has 0 amide bonds. The van der Waals surface area contributed by atoms with Crippen LogP contribution in [-0.4, -0.2) is 29.7 Å². The quantitative estimate of drug-likeness (QED) is 0.830. The highest BCUT2D eigenvalue weighted by atomic mass is 32.2. The zero-order valence-corrected chi connectivity index (χ0v) is 14.9. The summed E-state index contributed by atoms with van der Waals surface area (Å²) in [4.78, 5) is 0.190. The monoisotopic (exact) mass is 351 g/mol. The zero-order valence-electron chi connectivity index (χ0n) is 14.1. The van der Waals surface area contributed by atoms with Crippen molar-refractivity contribution < 1.29 is 22.6 Å². The third-order valence-corrected chi connectivity index (χ3v) is 4.95. The minimum absolute atomic E-state index is 0.126. The summed E-state index contributed by atoms with van der Waals surface area (Å²) in [5, 5.41) is 0. The fourth-order valence-electron chi connectivity index (χ4n) is 2.25. The zero-order chi connectivity index (χ0) is 17.7. The summed E-state index contributed by atoms with van der Waals surface area (Å²) in [6.45, 7) is 1.92. The minimum Gasteiger partial charge on any atom is -0.497 e. The summed E-state index contributed by atoms with van der Waals surface area (Å²) in [6.07, 6.45) is 0. The lowest BCUT2D eigenvalue weighted by Crippen LogP contribution is -2.23. The molecule has 0 unspecified atom stereocenters. The van der Waals surface area contributed by atoms with Gasteiger partial charge in [-0.2, -0.15) is 0 Å². The number of ether oxygens (including phenoxy) is 3. The topological polar surface area (TPSA) is 73.9 Å². The molecule has 2 aromatic carbocycles. The van der Waals surface area contributed by atoms with E-state index in [4.69, 9.17) is 14.2 Å². The van der Waals surface area contributed by atoms with Crippen molar-refractivity contribution in [2.45, 2.75) is 18.4 Å². The van der Waals surface area contributed by atoms with Crippen LogP contribution in [0.3, 0.4) is 0 Å². The molecule has 2 aromatic rings. The van der Waals surface area contributed by atoms with E-state index in [0.717, 1.165) is 11.1 Å². The lowest BCUT2D eigenvalue weighted by Gasteiger charge is -2.11. The largest absolute Gasteiger partial charge is 0.497 e. The molecule has 0 atom stereocenters. The van der Waals surface area contributed by atoms with Gasteiger partial charge in [-0.1, -0.05) is 0 Å². The fraction of sp³-hybridized carbons (Fsp3) is 0.294. The average molecular weight is 351 g/mol. The highest BCUT2D eigenvalue weighted by Gasteiger charge is 2.15. The summed E-state index contributed by atoms with van der Waals surface area (Å²) in [6, 6.07) is 9.96. The number of sulfonamides is 1. The van der Waals surface area contributed by atoms with Gasteiger partial charge in [0.2, 0.25) is 10.0 Å². The van der Waals surface area contributed by atoms with E-state index in [1.165, 1.54) is 6.07 Å². The van der Waals surface area contributed by atoms with Crippen LogP contribution in [0.25, 0.3) is 0 Å². The summed E-state index contributed by atoms with van der Waals surface area (Å²) >= 11 is 0. The highest BCUT2D eigenvalue weighted by molar-refractivity contribution is 7.89. The van der Waals surface area contributed by atoms with Gasteiger partial charge in [-0.25, -0.2) is 13.1 Å². The molecule has 0 saturated heterocycles. The molecule has 0 saturated carbocycles. The van der Waals surface area contributed by atoms with Crippen LogP contribution in [0.2, 0.25) is 0 Å². The van der Waals surface area contributed by atoms with E-state index in [1.54, 1.807) is 58.6 Å². The van der Waals surface area contributed by atoms with Gasteiger partial charge < -0.3 is 14.2 Å². The lowest BCUT2D eigenvalue weighted by atomic mass is 10.2. The Morgan fingerprint density at radius 2 is 1.54 bits per heavy atom. The number of benzene rings is 2. The standard InChI is InChI=1S/C17H21NO5S/c1-12-7-16(5-6-17(12)23-4)24(19,20)18-11-13-8-14(21-2)10-15(9-13)22-3/h5-10,18H,11H2,1-4H3. The maximum absolute atomic E-state index is 12.5. The molecule has 0 bridgehead atoms. The fourth-order valence-corrected chi connectivity index (χ4v) is 3.35. The number of hydrogen-bond donors (Lipinski definition) is 1. The van der Waals surface area contributed by atoms with Gasteiger partial charge >= 0.3 is 0 Å². The van der Waals surface area contributed by atoms with Gasteiger partial charge in [0.05, 0.1) is 26.2 Å². The Hall–Kier alpha value is -2.25. The number of rotatable bonds is 7. The second-order valence-corrected chi connectivity index (χ2v) is 6.94. The predicted octanol–water partition coefficient (Wildman–Crippen LogP) is 2.50. The number of methoxy groups -OCH3 is 3. The van der Waals surface area contributed by atoms with E-state index in [0.29, 0.717) is 17.2 Å². The first-order chi connectivity index (χ1) is 11.4. The molecule has 24 heavy (non-hydrogen) atoms. The van der Waals surface area contributed by atoms with Crippen LogP contribution in [0.5, 0.6) is 17.2 Å². The van der Waals surface area contributed by atoms with Gasteiger partial charge in [0.15, 0.2) is 0 Å². The Morgan fingerprint density at radius 1 is 0.917 bits per heavy atom. The van der Waals surface area contributed by atoms with Crippen LogP contribution in [0.4, 0.5) is 0 Å². The van der Waals surface area contributed by atoms with Gasteiger partial charge in [0.1, 0.15) is 17.2 Å². The van der Waals surface area contributed by atoms with E-state index >= 15 is 0 Å². The molecule has 0 fully saturated rings. The molecular formula is C17H21NO5S. The second-order valence-electron chi connectivity index (χ2n) is 5.18. The molecule has 0 aromatic heterocycles. The summed E-state index contributed by atoms with van der Waals surface area (Å²) < 4.78 is 43.0. The van der Waals surface area contributed by atoms with Crippen molar-refractivity contribution >= 4 is 10.0 Å². The van der Waals surface area contributed by atoms with Crippen LogP contribution in [0, 0.1) is 6.92 Å². The second kappa shape index (κ2) is 7.55. The van der Waals surface area contributed by atoms with Crippen molar-refractivity contribution in [2.24, 2.45) is 0 Å². The van der Waals surface area contributed by atoms with E-state index < -0.39 is 10.0 Å². The van der Waals surface area contributed by atoms with Gasteiger partial charge in [-0.15, -0.1) is 0 Å². The molecule has 0 aliphatic rings. The molecule has 6 nitrogen and oxygen atoms in total. The summed E-state index contributed by atoms with van der Waals surface area (Å²) in [7, 11) is 1.00. The van der Waals surface area contributed by atoms with Crippen molar-refractivity contribution in [3.05, 3.63) is 47.5 Å².